The van der Waals surface area contributed by atoms with Gasteiger partial charge in [-0.3, -0.25) is 0 Å². The van der Waals surface area contributed by atoms with E-state index in [4.69, 9.17) is 9.97 Å². The Balaban J connectivity index is 2.00. The first-order valence-electron chi connectivity index (χ1n) is 7.86. The van der Waals surface area contributed by atoms with Crippen LogP contribution in [-0.4, -0.2) is 23.1 Å². The van der Waals surface area contributed by atoms with Gasteiger partial charge in [-0.15, -0.1) is 0 Å². The van der Waals surface area contributed by atoms with Gasteiger partial charge >= 0.3 is 0 Å². The summed E-state index contributed by atoms with van der Waals surface area (Å²) in [5.41, 5.74) is 4.06. The van der Waals surface area contributed by atoms with E-state index in [1.54, 1.807) is 0 Å². The van der Waals surface area contributed by atoms with Crippen molar-refractivity contribution in [2.24, 2.45) is 11.3 Å². The lowest BCUT2D eigenvalue weighted by atomic mass is 10.1. The van der Waals surface area contributed by atoms with Gasteiger partial charge < -0.3 is 5.32 Å². The van der Waals surface area contributed by atoms with E-state index in [9.17, 15) is 0 Å². The summed E-state index contributed by atoms with van der Waals surface area (Å²) in [5.74, 6) is 2.32. The van der Waals surface area contributed by atoms with E-state index in [1.165, 1.54) is 23.4 Å². The zero-order valence-corrected chi connectivity index (χ0v) is 13.9. The lowest BCUT2D eigenvalue weighted by Gasteiger charge is -2.13. The van der Waals surface area contributed by atoms with Gasteiger partial charge in [0.15, 0.2) is 0 Å². The maximum atomic E-state index is 4.77. The molecule has 0 spiro atoms. The van der Waals surface area contributed by atoms with E-state index >= 15 is 0 Å². The first-order valence-corrected chi connectivity index (χ1v) is 7.86. The van der Waals surface area contributed by atoms with Crippen molar-refractivity contribution in [1.29, 1.82) is 0 Å². The van der Waals surface area contributed by atoms with Gasteiger partial charge in [-0.1, -0.05) is 27.7 Å². The maximum absolute atomic E-state index is 4.77. The van der Waals surface area contributed by atoms with Crippen molar-refractivity contribution in [2.45, 2.75) is 60.3 Å². The zero-order chi connectivity index (χ0) is 14.9. The van der Waals surface area contributed by atoms with Crippen molar-refractivity contribution in [3.63, 3.8) is 0 Å². The minimum Gasteiger partial charge on any atom is -0.316 e. The molecular weight excluding hydrogens is 246 g/mol. The molecule has 0 radical (unpaired) electrons. The number of aryl methyl sites for hydroxylation is 2. The summed E-state index contributed by atoms with van der Waals surface area (Å²) < 4.78 is 0. The van der Waals surface area contributed by atoms with Crippen LogP contribution in [-0.2, 0) is 6.42 Å². The summed E-state index contributed by atoms with van der Waals surface area (Å²) in [7, 11) is 0. The van der Waals surface area contributed by atoms with Crippen molar-refractivity contribution < 1.29 is 0 Å². The molecule has 0 aliphatic heterocycles. The number of rotatable bonds is 6. The Morgan fingerprint density at radius 2 is 1.75 bits per heavy atom. The van der Waals surface area contributed by atoms with Crippen LogP contribution in [0.1, 0.15) is 62.8 Å². The number of hydrogen-bond acceptors (Lipinski definition) is 3. The minimum absolute atomic E-state index is 0.402. The van der Waals surface area contributed by atoms with Gasteiger partial charge in [-0.2, -0.15) is 0 Å². The van der Waals surface area contributed by atoms with Crippen molar-refractivity contribution in [3.05, 3.63) is 22.8 Å². The normalized spacial score (nSPS) is 20.4. The molecule has 2 rings (SSSR count). The van der Waals surface area contributed by atoms with Crippen molar-refractivity contribution in [2.75, 3.05) is 13.1 Å². The second kappa shape index (κ2) is 5.80. The summed E-state index contributed by atoms with van der Waals surface area (Å²) in [5, 5.41) is 3.50. The third-order valence-corrected chi connectivity index (χ3v) is 4.37. The van der Waals surface area contributed by atoms with E-state index in [0.717, 1.165) is 25.3 Å². The Bertz CT molecular complexity index is 454. The van der Waals surface area contributed by atoms with Gasteiger partial charge in [-0.25, -0.2) is 9.97 Å². The Morgan fingerprint density at radius 1 is 1.20 bits per heavy atom. The molecule has 20 heavy (non-hydrogen) atoms. The fraction of sp³-hybridized carbons (Fsp3) is 0.765. The molecule has 1 fully saturated rings. The lowest BCUT2D eigenvalue weighted by molar-refractivity contribution is 0.552. The van der Waals surface area contributed by atoms with Crippen LogP contribution in [0, 0.1) is 25.2 Å². The monoisotopic (exact) mass is 275 g/mol. The second-order valence-corrected chi connectivity index (χ2v) is 7.32. The van der Waals surface area contributed by atoms with Gasteiger partial charge in [0.1, 0.15) is 5.82 Å². The fourth-order valence-corrected chi connectivity index (χ4v) is 2.80. The van der Waals surface area contributed by atoms with Crippen molar-refractivity contribution in [3.8, 4) is 0 Å². The van der Waals surface area contributed by atoms with Crippen LogP contribution in [0.15, 0.2) is 0 Å². The minimum atomic E-state index is 0.402. The number of nitrogens with zero attached hydrogens (tertiary/aromatic N) is 2. The molecular formula is C17H29N3. The van der Waals surface area contributed by atoms with Gasteiger partial charge in [0.2, 0.25) is 0 Å². The molecule has 1 aliphatic rings. The summed E-state index contributed by atoms with van der Waals surface area (Å²) in [6.07, 6.45) is 2.25. The molecule has 1 aliphatic carbocycles. The molecule has 0 saturated heterocycles. The third-order valence-electron chi connectivity index (χ3n) is 4.37. The Hall–Kier alpha value is -0.960. The maximum Gasteiger partial charge on any atom is 0.132 e. The van der Waals surface area contributed by atoms with E-state index in [2.05, 4.69) is 46.9 Å². The van der Waals surface area contributed by atoms with Crippen LogP contribution >= 0.6 is 0 Å². The average Bonchev–Trinajstić information content (AvgIpc) is 2.96. The predicted molar refractivity (Wildman–Crippen MR) is 84.1 cm³/mol. The highest BCUT2D eigenvalue weighted by Crippen LogP contribution is 2.57. The average molecular weight is 275 g/mol. The third kappa shape index (κ3) is 3.57. The lowest BCUT2D eigenvalue weighted by Crippen LogP contribution is -2.23. The number of aromatic nitrogens is 2. The quantitative estimate of drug-likeness (QED) is 0.809. The first-order chi connectivity index (χ1) is 9.31. The van der Waals surface area contributed by atoms with Gasteiger partial charge in [-0.05, 0) is 56.7 Å². The number of nitrogens with one attached hydrogen (secondary N) is 1. The molecule has 3 nitrogen and oxygen atoms in total. The van der Waals surface area contributed by atoms with E-state index < -0.39 is 0 Å². The molecule has 1 aromatic heterocycles. The molecule has 1 saturated carbocycles. The second-order valence-electron chi connectivity index (χ2n) is 7.32. The molecule has 1 atom stereocenters. The Morgan fingerprint density at radius 3 is 2.20 bits per heavy atom. The topological polar surface area (TPSA) is 37.8 Å². The fourth-order valence-electron chi connectivity index (χ4n) is 2.80. The van der Waals surface area contributed by atoms with Crippen LogP contribution < -0.4 is 5.32 Å². The molecule has 0 aromatic carbocycles. The van der Waals surface area contributed by atoms with Gasteiger partial charge in [0, 0.05) is 17.3 Å². The highest BCUT2D eigenvalue weighted by atomic mass is 14.9. The highest BCUT2D eigenvalue weighted by Gasteiger charge is 2.48. The number of hydrogen-bond donors (Lipinski definition) is 1. The SMILES string of the molecule is Cc1nc(C2CC2(C)C)nc(C)c1CCNCC(C)C. The largest absolute Gasteiger partial charge is 0.316 e. The van der Waals surface area contributed by atoms with Gasteiger partial charge in [0.25, 0.3) is 0 Å². The van der Waals surface area contributed by atoms with Crippen molar-refractivity contribution >= 4 is 0 Å². The van der Waals surface area contributed by atoms with E-state index in [0.29, 0.717) is 17.3 Å². The first kappa shape index (κ1) is 15.4. The van der Waals surface area contributed by atoms with Gasteiger partial charge in [0.05, 0.1) is 0 Å². The van der Waals surface area contributed by atoms with Crippen LogP contribution in [0.5, 0.6) is 0 Å². The summed E-state index contributed by atoms with van der Waals surface area (Å²) in [6, 6.07) is 0. The molecule has 1 unspecified atom stereocenters. The molecule has 1 aromatic rings. The molecule has 3 heteroatoms. The van der Waals surface area contributed by atoms with Crippen LogP contribution in [0.25, 0.3) is 0 Å². The van der Waals surface area contributed by atoms with Crippen LogP contribution in [0.3, 0.4) is 0 Å². The van der Waals surface area contributed by atoms with E-state index in [1.807, 2.05) is 0 Å². The molecule has 112 valence electrons. The van der Waals surface area contributed by atoms with Crippen LogP contribution in [0.2, 0.25) is 0 Å². The molecule has 1 N–H and O–H groups in total. The molecule has 0 amide bonds. The summed E-state index contributed by atoms with van der Waals surface area (Å²) >= 11 is 0. The standard InChI is InChI=1S/C17H29N3/c1-11(2)10-18-8-7-14-12(3)19-16(20-13(14)4)15-9-17(15,5)6/h11,15,18H,7-10H2,1-6H3. The summed E-state index contributed by atoms with van der Waals surface area (Å²) in [4.78, 5) is 9.53. The van der Waals surface area contributed by atoms with Crippen molar-refractivity contribution in [1.82, 2.24) is 15.3 Å². The molecule has 0 bridgehead atoms. The molecule has 1 heterocycles. The van der Waals surface area contributed by atoms with Crippen LogP contribution in [0.4, 0.5) is 0 Å². The van der Waals surface area contributed by atoms with E-state index in [-0.39, 0.29) is 0 Å². The Labute approximate surface area is 123 Å². The highest BCUT2D eigenvalue weighted by molar-refractivity contribution is 5.28. The Kier molecular flexibility index (Phi) is 4.48. The summed E-state index contributed by atoms with van der Waals surface area (Å²) in [6.45, 7) is 15.4. The zero-order valence-electron chi connectivity index (χ0n) is 13.9. The predicted octanol–water partition coefficient (Wildman–Crippen LogP) is 3.40. The smallest absolute Gasteiger partial charge is 0.132 e.